The van der Waals surface area contributed by atoms with Crippen molar-refractivity contribution in [2.45, 2.75) is 19.0 Å². The van der Waals surface area contributed by atoms with Crippen molar-refractivity contribution in [2.75, 3.05) is 57.7 Å². The lowest BCUT2D eigenvalue weighted by molar-refractivity contribution is -0.137. The van der Waals surface area contributed by atoms with Gasteiger partial charge in [0, 0.05) is 51.2 Å². The molecule has 0 bridgehead atoms. The summed E-state index contributed by atoms with van der Waals surface area (Å²) < 4.78 is 39.1. The van der Waals surface area contributed by atoms with Crippen LogP contribution >= 0.6 is 0 Å². The summed E-state index contributed by atoms with van der Waals surface area (Å²) >= 11 is 0. The Bertz CT molecular complexity index is 922. The molecule has 0 unspecified atom stereocenters. The molecule has 2 aromatic rings. The van der Waals surface area contributed by atoms with Crippen LogP contribution in [0.5, 0.6) is 0 Å². The molecule has 1 aromatic heterocycles. The van der Waals surface area contributed by atoms with Crippen LogP contribution < -0.4 is 5.32 Å². The third kappa shape index (κ3) is 5.58. The molecule has 2 aliphatic heterocycles. The van der Waals surface area contributed by atoms with Crippen LogP contribution in [-0.4, -0.2) is 77.9 Å². The smallest absolute Gasteiger partial charge is 0.340 e. The summed E-state index contributed by atoms with van der Waals surface area (Å²) in [6, 6.07) is 8.21. The van der Waals surface area contributed by atoms with Gasteiger partial charge in [0.05, 0.1) is 11.1 Å². The van der Waals surface area contributed by atoms with Gasteiger partial charge in [-0.1, -0.05) is 6.07 Å². The number of carbonyl (C=O) groups is 1. The number of aromatic nitrogens is 1. The fraction of sp³-hybridized carbons (Fsp3) is 0.478. The maximum absolute atomic E-state index is 13.1. The number of benzene rings is 1. The molecule has 9 heteroatoms. The lowest BCUT2D eigenvalue weighted by atomic mass is 10.1. The van der Waals surface area contributed by atoms with Gasteiger partial charge in [0.15, 0.2) is 0 Å². The van der Waals surface area contributed by atoms with Crippen molar-refractivity contribution in [3.63, 3.8) is 0 Å². The van der Waals surface area contributed by atoms with Crippen LogP contribution in [0.2, 0.25) is 0 Å². The number of halogens is 3. The van der Waals surface area contributed by atoms with Crippen molar-refractivity contribution in [2.24, 2.45) is 0 Å². The van der Waals surface area contributed by atoms with Crippen LogP contribution in [-0.2, 0) is 6.18 Å². The molecule has 1 amide bonds. The quantitative estimate of drug-likeness (QED) is 0.732. The Labute approximate surface area is 186 Å². The van der Waals surface area contributed by atoms with Gasteiger partial charge in [-0.05, 0) is 56.3 Å². The van der Waals surface area contributed by atoms with Crippen LogP contribution in [0.1, 0.15) is 28.8 Å². The average Bonchev–Trinajstić information content (AvgIpc) is 3.31. The Kier molecular flexibility index (Phi) is 6.95. The predicted octanol–water partition coefficient (Wildman–Crippen LogP) is 3.70. The number of nitrogens with one attached hydrogen (secondary N) is 1. The van der Waals surface area contributed by atoms with Crippen LogP contribution in [0.3, 0.4) is 0 Å². The molecule has 32 heavy (non-hydrogen) atoms. The minimum Gasteiger partial charge on any atom is -0.340 e. The number of rotatable bonds is 6. The fourth-order valence-corrected chi connectivity index (χ4v) is 4.22. The number of anilines is 2. The van der Waals surface area contributed by atoms with Crippen molar-refractivity contribution >= 4 is 17.4 Å². The molecule has 6 nitrogen and oxygen atoms in total. The number of amides is 1. The van der Waals surface area contributed by atoms with E-state index in [1.54, 1.807) is 17.0 Å². The zero-order valence-electron chi connectivity index (χ0n) is 17.9. The molecule has 0 atom stereocenters. The maximum atomic E-state index is 13.1. The van der Waals surface area contributed by atoms with E-state index >= 15 is 0 Å². The van der Waals surface area contributed by atoms with E-state index in [9.17, 15) is 18.0 Å². The molecule has 172 valence electrons. The first-order valence-electron chi connectivity index (χ1n) is 11.0. The van der Waals surface area contributed by atoms with Crippen LogP contribution in [0.15, 0.2) is 42.6 Å². The summed E-state index contributed by atoms with van der Waals surface area (Å²) in [7, 11) is 0. The Morgan fingerprint density at radius 1 is 0.938 bits per heavy atom. The van der Waals surface area contributed by atoms with Gasteiger partial charge in [0.2, 0.25) is 0 Å². The zero-order chi connectivity index (χ0) is 22.6. The maximum Gasteiger partial charge on any atom is 0.416 e. The van der Waals surface area contributed by atoms with E-state index in [0.29, 0.717) is 18.7 Å². The van der Waals surface area contributed by atoms with Gasteiger partial charge in [-0.2, -0.15) is 13.2 Å². The zero-order valence-corrected chi connectivity index (χ0v) is 17.9. The van der Waals surface area contributed by atoms with Crippen molar-refractivity contribution < 1.29 is 18.0 Å². The summed E-state index contributed by atoms with van der Waals surface area (Å²) in [6.45, 7) is 7.32. The van der Waals surface area contributed by atoms with Crippen molar-refractivity contribution in [1.82, 2.24) is 19.7 Å². The highest BCUT2D eigenvalue weighted by Gasteiger charge is 2.30. The van der Waals surface area contributed by atoms with Crippen molar-refractivity contribution in [1.29, 1.82) is 0 Å². The van der Waals surface area contributed by atoms with E-state index in [1.165, 1.54) is 44.3 Å². The topological polar surface area (TPSA) is 51.7 Å². The number of alkyl halides is 3. The number of nitrogens with zero attached hydrogens (tertiary/aromatic N) is 4. The molecule has 3 heterocycles. The Morgan fingerprint density at radius 3 is 2.31 bits per heavy atom. The van der Waals surface area contributed by atoms with Crippen molar-refractivity contribution in [3.8, 4) is 0 Å². The van der Waals surface area contributed by atoms with Crippen LogP contribution in [0.25, 0.3) is 0 Å². The molecule has 0 radical (unpaired) electrons. The first-order chi connectivity index (χ1) is 15.4. The number of pyridine rings is 1. The molecule has 4 rings (SSSR count). The molecular formula is C23H28F3N5O. The lowest BCUT2D eigenvalue weighted by Crippen LogP contribution is -2.50. The van der Waals surface area contributed by atoms with Gasteiger partial charge >= 0.3 is 6.18 Å². The molecule has 1 aromatic carbocycles. The van der Waals surface area contributed by atoms with Gasteiger partial charge in [-0.3, -0.25) is 9.69 Å². The number of hydrogen-bond donors (Lipinski definition) is 1. The normalized spacial score (nSPS) is 18.2. The molecule has 2 saturated heterocycles. The van der Waals surface area contributed by atoms with Gasteiger partial charge in [0.25, 0.3) is 5.91 Å². The van der Waals surface area contributed by atoms with Crippen molar-refractivity contribution in [3.05, 3.63) is 53.7 Å². The number of carbonyl (C=O) groups excluding carboxylic acids is 1. The summed E-state index contributed by atoms with van der Waals surface area (Å²) in [5.41, 5.74) is -0.161. The average molecular weight is 448 g/mol. The second-order valence-corrected chi connectivity index (χ2v) is 8.29. The Hall–Kier alpha value is -2.65. The molecule has 2 fully saturated rings. The molecule has 2 aliphatic rings. The highest BCUT2D eigenvalue weighted by molar-refractivity contribution is 5.99. The lowest BCUT2D eigenvalue weighted by Gasteiger charge is -2.35. The summed E-state index contributed by atoms with van der Waals surface area (Å²) in [4.78, 5) is 24.0. The van der Waals surface area contributed by atoms with E-state index < -0.39 is 11.7 Å². The second kappa shape index (κ2) is 9.87. The third-order valence-corrected chi connectivity index (χ3v) is 6.08. The fourth-order valence-electron chi connectivity index (χ4n) is 4.22. The molecular weight excluding hydrogens is 419 g/mol. The number of hydrogen-bond acceptors (Lipinski definition) is 5. The first kappa shape index (κ1) is 22.5. The van der Waals surface area contributed by atoms with Crippen LogP contribution in [0.4, 0.5) is 24.7 Å². The Morgan fingerprint density at radius 2 is 1.62 bits per heavy atom. The molecule has 0 spiro atoms. The highest BCUT2D eigenvalue weighted by Crippen LogP contribution is 2.31. The van der Waals surface area contributed by atoms with Gasteiger partial charge in [-0.15, -0.1) is 0 Å². The Balaban J connectivity index is 1.38. The predicted molar refractivity (Wildman–Crippen MR) is 117 cm³/mol. The van der Waals surface area contributed by atoms with Crippen LogP contribution in [0, 0.1) is 0 Å². The van der Waals surface area contributed by atoms with E-state index in [2.05, 4.69) is 20.1 Å². The van der Waals surface area contributed by atoms with Gasteiger partial charge < -0.3 is 15.1 Å². The SMILES string of the molecule is O=C(c1cccnc1Nc1cccc(C(F)(F)F)c1)N1CCN(CCN2CCCC2)CC1. The van der Waals surface area contributed by atoms with Gasteiger partial charge in [0.1, 0.15) is 5.82 Å². The summed E-state index contributed by atoms with van der Waals surface area (Å²) in [5.74, 6) is 0.0973. The van der Waals surface area contributed by atoms with E-state index in [-0.39, 0.29) is 17.4 Å². The van der Waals surface area contributed by atoms with E-state index in [1.807, 2.05) is 0 Å². The largest absolute Gasteiger partial charge is 0.416 e. The third-order valence-electron chi connectivity index (χ3n) is 6.08. The van der Waals surface area contributed by atoms with E-state index in [0.717, 1.165) is 38.3 Å². The van der Waals surface area contributed by atoms with E-state index in [4.69, 9.17) is 0 Å². The summed E-state index contributed by atoms with van der Waals surface area (Å²) in [6.07, 6.45) is -0.355. The molecule has 0 aliphatic carbocycles. The molecule has 0 saturated carbocycles. The van der Waals surface area contributed by atoms with Gasteiger partial charge in [-0.25, -0.2) is 4.98 Å². The number of piperazine rings is 1. The first-order valence-corrected chi connectivity index (χ1v) is 11.0. The monoisotopic (exact) mass is 447 g/mol. The second-order valence-electron chi connectivity index (χ2n) is 8.29. The minimum absolute atomic E-state index is 0.160. The minimum atomic E-state index is -4.44. The summed E-state index contributed by atoms with van der Waals surface area (Å²) in [5, 5.41) is 2.89. The molecule has 1 N–H and O–H groups in total. The number of likely N-dealkylation sites (tertiary alicyclic amines) is 1. The highest BCUT2D eigenvalue weighted by atomic mass is 19.4. The standard InChI is InChI=1S/C23H28F3N5O/c24-23(25,26)18-5-3-6-19(17-18)28-21-20(7-4-8-27-21)22(32)31-15-13-30(14-16-31)12-11-29-9-1-2-10-29/h3-8,17H,1-2,9-16H2,(H,27,28).